The van der Waals surface area contributed by atoms with Crippen LogP contribution in [0.1, 0.15) is 34.1 Å². The van der Waals surface area contributed by atoms with E-state index in [0.717, 1.165) is 21.5 Å². The molecule has 6 atom stereocenters. The van der Waals surface area contributed by atoms with Gasteiger partial charge in [-0.25, -0.2) is 0 Å². The highest BCUT2D eigenvalue weighted by Gasteiger charge is 2.84. The van der Waals surface area contributed by atoms with Gasteiger partial charge in [-0.05, 0) is 40.8 Å². The maximum atomic E-state index is 14.0. The van der Waals surface area contributed by atoms with Crippen LogP contribution < -0.4 is 0 Å². The lowest BCUT2D eigenvalue weighted by molar-refractivity contribution is -0.127. The molecule has 0 radical (unpaired) electrons. The summed E-state index contributed by atoms with van der Waals surface area (Å²) in [5, 5.41) is 3.91. The highest BCUT2D eigenvalue weighted by atomic mass is 16.5. The highest BCUT2D eigenvalue weighted by Crippen LogP contribution is 2.74. The summed E-state index contributed by atoms with van der Waals surface area (Å²) in [4.78, 5) is 40.9. The van der Waals surface area contributed by atoms with E-state index in [-0.39, 0.29) is 23.3 Å². The lowest BCUT2D eigenvalue weighted by atomic mass is 9.57. The first-order valence-corrected chi connectivity index (χ1v) is 10.8. The molecule has 3 aromatic carbocycles. The van der Waals surface area contributed by atoms with E-state index in [4.69, 9.17) is 4.74 Å². The minimum atomic E-state index is -0.957. The van der Waals surface area contributed by atoms with Gasteiger partial charge in [0.2, 0.25) is 0 Å². The average Bonchev–Trinajstić information content (AvgIpc) is 3.40. The second kappa shape index (κ2) is 5.20. The third-order valence-corrected chi connectivity index (χ3v) is 8.56. The summed E-state index contributed by atoms with van der Waals surface area (Å²) in [6, 6.07) is 15.7. The topological polar surface area (TPSA) is 60.4 Å². The third kappa shape index (κ3) is 1.70. The number of hydrogen-bond acceptors (Lipinski definition) is 4. The molecule has 2 aliphatic heterocycles. The Morgan fingerprint density at radius 3 is 2.52 bits per heavy atom. The predicted octanol–water partition coefficient (Wildman–Crippen LogP) is 4.54. The molecule has 0 amide bonds. The van der Waals surface area contributed by atoms with Gasteiger partial charge in [-0.1, -0.05) is 54.6 Å². The molecule has 3 fully saturated rings. The Kier molecular flexibility index (Phi) is 2.94. The molecular formula is C27H20O4. The molecule has 1 spiro atoms. The summed E-state index contributed by atoms with van der Waals surface area (Å²) in [6.45, 7) is 5.75. The van der Waals surface area contributed by atoms with Crippen molar-refractivity contribution in [1.82, 2.24) is 0 Å². The summed E-state index contributed by atoms with van der Waals surface area (Å²) in [6.07, 6.45) is 1.63. The predicted molar refractivity (Wildman–Crippen MR) is 116 cm³/mol. The van der Waals surface area contributed by atoms with Gasteiger partial charge in [0.05, 0.1) is 22.9 Å². The molecule has 2 aliphatic carbocycles. The van der Waals surface area contributed by atoms with Crippen molar-refractivity contribution in [3.05, 3.63) is 72.3 Å². The van der Waals surface area contributed by atoms with Gasteiger partial charge in [0, 0.05) is 11.1 Å². The lowest BCUT2D eigenvalue weighted by Crippen LogP contribution is -2.56. The first kappa shape index (κ1) is 17.6. The zero-order chi connectivity index (χ0) is 21.3. The van der Waals surface area contributed by atoms with E-state index in [2.05, 4.69) is 6.58 Å². The Bertz CT molecular complexity index is 1420. The number of Topliss-reactive ketones (excluding diaryl/α,β-unsaturated/α-hetero) is 3. The van der Waals surface area contributed by atoms with Crippen molar-refractivity contribution < 1.29 is 19.1 Å². The molecule has 3 aromatic rings. The fraction of sp³-hybridized carbons (Fsp3) is 0.296. The molecule has 31 heavy (non-hydrogen) atoms. The van der Waals surface area contributed by atoms with Crippen LogP contribution in [0.3, 0.4) is 0 Å². The van der Waals surface area contributed by atoms with Gasteiger partial charge in [0.15, 0.2) is 17.3 Å². The van der Waals surface area contributed by atoms with Crippen LogP contribution in [0.25, 0.3) is 21.5 Å². The molecule has 2 heterocycles. The van der Waals surface area contributed by atoms with Crippen LogP contribution in [0.5, 0.6) is 0 Å². The van der Waals surface area contributed by atoms with Crippen molar-refractivity contribution >= 4 is 38.9 Å². The van der Waals surface area contributed by atoms with Crippen LogP contribution in [0.2, 0.25) is 0 Å². The molecule has 6 unspecified atom stereocenters. The number of ether oxygens (including phenoxy) is 1. The molecule has 2 bridgehead atoms. The molecule has 4 nitrogen and oxygen atoms in total. The molecule has 4 aliphatic rings. The first-order chi connectivity index (χ1) is 14.9. The van der Waals surface area contributed by atoms with Gasteiger partial charge >= 0.3 is 0 Å². The Labute approximate surface area is 178 Å². The number of carbonyl (C=O) groups excluding carboxylic acids is 3. The van der Waals surface area contributed by atoms with E-state index < -0.39 is 29.0 Å². The quantitative estimate of drug-likeness (QED) is 0.438. The zero-order valence-corrected chi connectivity index (χ0v) is 17.1. The normalized spacial score (nSPS) is 37.5. The molecule has 4 heteroatoms. The summed E-state index contributed by atoms with van der Waals surface area (Å²) >= 11 is 0. The second-order valence-electron chi connectivity index (χ2n) is 9.63. The number of ketones is 3. The van der Waals surface area contributed by atoms with Gasteiger partial charge in [-0.3, -0.25) is 14.4 Å². The van der Waals surface area contributed by atoms with Crippen molar-refractivity contribution in [2.75, 3.05) is 0 Å². The van der Waals surface area contributed by atoms with E-state index >= 15 is 0 Å². The van der Waals surface area contributed by atoms with Gasteiger partial charge in [0.1, 0.15) is 6.10 Å². The first-order valence-electron chi connectivity index (χ1n) is 10.8. The van der Waals surface area contributed by atoms with Crippen LogP contribution in [0, 0.1) is 23.2 Å². The van der Waals surface area contributed by atoms with Gasteiger partial charge in [-0.2, -0.15) is 0 Å². The smallest absolute Gasteiger partial charge is 0.172 e. The van der Waals surface area contributed by atoms with E-state index in [1.54, 1.807) is 12.1 Å². The fourth-order valence-electron chi connectivity index (χ4n) is 7.05. The fourth-order valence-corrected chi connectivity index (χ4v) is 7.05. The molecule has 1 saturated carbocycles. The maximum absolute atomic E-state index is 14.0. The molecule has 2 saturated heterocycles. The minimum Gasteiger partial charge on any atom is -0.362 e. The van der Waals surface area contributed by atoms with Crippen LogP contribution in [-0.2, 0) is 9.53 Å². The Morgan fingerprint density at radius 2 is 1.74 bits per heavy atom. The Hall–Kier alpha value is -3.11. The van der Waals surface area contributed by atoms with Crippen molar-refractivity contribution in [2.24, 2.45) is 23.2 Å². The third-order valence-electron chi connectivity index (χ3n) is 8.56. The average molecular weight is 408 g/mol. The van der Waals surface area contributed by atoms with Gasteiger partial charge in [-0.15, -0.1) is 6.58 Å². The number of allylic oxidation sites excluding steroid dienone is 1. The molecule has 0 N–H and O–H groups in total. The Balaban J connectivity index is 1.49. The summed E-state index contributed by atoms with van der Waals surface area (Å²) in [5.41, 5.74) is -0.746. The number of hydrogen-bond donors (Lipinski definition) is 0. The second-order valence-corrected chi connectivity index (χ2v) is 9.63. The lowest BCUT2D eigenvalue weighted by Gasteiger charge is -2.41. The Morgan fingerprint density at radius 1 is 0.968 bits per heavy atom. The standard InChI is InChI=1S/C27H20O4/c1-3-14-12-27(14)25(30)24-20-21(26(27,2)31-24)23(29)19-17-9-8-13-6-4-5-7-15(13)16(17)10-11-18(19)22(20)28/h3-11,14,20-21,24H,1,12H2,2H3. The van der Waals surface area contributed by atoms with Crippen molar-refractivity contribution in [3.63, 3.8) is 0 Å². The van der Waals surface area contributed by atoms with Crippen LogP contribution in [-0.4, -0.2) is 29.1 Å². The maximum Gasteiger partial charge on any atom is 0.172 e. The van der Waals surface area contributed by atoms with Crippen molar-refractivity contribution in [1.29, 1.82) is 0 Å². The number of rotatable bonds is 1. The largest absolute Gasteiger partial charge is 0.362 e. The monoisotopic (exact) mass is 408 g/mol. The van der Waals surface area contributed by atoms with E-state index in [0.29, 0.717) is 17.5 Å². The molecule has 7 rings (SSSR count). The van der Waals surface area contributed by atoms with Crippen LogP contribution in [0.4, 0.5) is 0 Å². The molecule has 0 aromatic heterocycles. The van der Waals surface area contributed by atoms with Gasteiger partial charge < -0.3 is 4.74 Å². The van der Waals surface area contributed by atoms with E-state index in [1.807, 2.05) is 49.4 Å². The summed E-state index contributed by atoms with van der Waals surface area (Å²) < 4.78 is 6.24. The summed E-state index contributed by atoms with van der Waals surface area (Å²) in [5.74, 6) is -1.55. The van der Waals surface area contributed by atoms with E-state index in [9.17, 15) is 14.4 Å². The minimum absolute atomic E-state index is 0.0108. The van der Waals surface area contributed by atoms with Gasteiger partial charge in [0.25, 0.3) is 0 Å². The van der Waals surface area contributed by atoms with Crippen LogP contribution in [0.15, 0.2) is 61.2 Å². The van der Waals surface area contributed by atoms with Crippen molar-refractivity contribution in [3.8, 4) is 0 Å². The molecular weight excluding hydrogens is 388 g/mol. The van der Waals surface area contributed by atoms with Crippen molar-refractivity contribution in [2.45, 2.75) is 25.0 Å². The van der Waals surface area contributed by atoms with E-state index in [1.165, 1.54) is 0 Å². The SMILES string of the molecule is C=CC1CC12C(=O)C1OC2(C)C2C(=O)c3c(ccc4c3ccc3ccccc34)C(=O)C12. The summed E-state index contributed by atoms with van der Waals surface area (Å²) in [7, 11) is 0. The highest BCUT2D eigenvalue weighted by molar-refractivity contribution is 6.26. The number of benzene rings is 3. The number of fused-ring (bicyclic) bond motifs is 11. The number of carbonyl (C=O) groups is 3. The molecule has 152 valence electrons. The zero-order valence-electron chi connectivity index (χ0n) is 17.1. The van der Waals surface area contributed by atoms with Crippen LogP contribution >= 0.6 is 0 Å².